The van der Waals surface area contributed by atoms with E-state index in [-0.39, 0.29) is 24.0 Å². The van der Waals surface area contributed by atoms with E-state index in [9.17, 15) is 0 Å². The number of unbranched alkanes of at least 4 members (excludes halogenated alkanes) is 1. The van der Waals surface area contributed by atoms with Crippen LogP contribution in [-0.2, 0) is 0 Å². The fraction of sp³-hybridized carbons (Fsp3) is 0.938. The van der Waals surface area contributed by atoms with Crippen LogP contribution in [0.2, 0.25) is 0 Å². The standard InChI is InChI=1S/C16H33N3S.HI/c1-5-14(6-2)15-9-11-19(13-15)16(17-3)18-10-7-8-12-20-4;/h14-15H,5-13H2,1-4H3,(H,17,18);1H. The largest absolute Gasteiger partial charge is 0.356 e. The molecule has 1 atom stereocenters. The van der Waals surface area contributed by atoms with Gasteiger partial charge in [-0.15, -0.1) is 24.0 Å². The topological polar surface area (TPSA) is 27.6 Å². The van der Waals surface area contributed by atoms with Gasteiger partial charge in [-0.1, -0.05) is 26.7 Å². The smallest absolute Gasteiger partial charge is 0.193 e. The molecule has 0 amide bonds. The van der Waals surface area contributed by atoms with Crippen molar-refractivity contribution in [2.45, 2.75) is 46.0 Å². The summed E-state index contributed by atoms with van der Waals surface area (Å²) in [6, 6.07) is 0. The van der Waals surface area contributed by atoms with Crippen LogP contribution in [0.1, 0.15) is 46.0 Å². The van der Waals surface area contributed by atoms with Gasteiger partial charge in [-0.05, 0) is 43.1 Å². The summed E-state index contributed by atoms with van der Waals surface area (Å²) in [4.78, 5) is 6.92. The minimum Gasteiger partial charge on any atom is -0.356 e. The number of guanidine groups is 1. The lowest BCUT2D eigenvalue weighted by Gasteiger charge is -2.24. The molecule has 0 bridgehead atoms. The van der Waals surface area contributed by atoms with Gasteiger partial charge in [0, 0.05) is 26.7 Å². The fourth-order valence-electron chi connectivity index (χ4n) is 3.22. The molecule has 0 aliphatic carbocycles. The molecule has 1 heterocycles. The van der Waals surface area contributed by atoms with Crippen LogP contribution in [-0.4, -0.2) is 49.6 Å². The molecule has 5 heteroatoms. The average Bonchev–Trinajstić information content (AvgIpc) is 2.94. The predicted octanol–water partition coefficient (Wildman–Crippen LogP) is 4.08. The Balaban J connectivity index is 0.00000400. The fourth-order valence-corrected chi connectivity index (χ4v) is 3.72. The van der Waals surface area contributed by atoms with Gasteiger partial charge in [0.25, 0.3) is 0 Å². The Kier molecular flexibility index (Phi) is 13.1. The number of hydrogen-bond donors (Lipinski definition) is 1. The van der Waals surface area contributed by atoms with Gasteiger partial charge in [0.15, 0.2) is 5.96 Å². The maximum Gasteiger partial charge on any atom is 0.193 e. The molecular formula is C16H34IN3S. The summed E-state index contributed by atoms with van der Waals surface area (Å²) < 4.78 is 0. The van der Waals surface area contributed by atoms with Crippen molar-refractivity contribution in [2.24, 2.45) is 16.8 Å². The Hall–Kier alpha value is 0.350. The minimum absolute atomic E-state index is 0. The molecule has 0 aromatic carbocycles. The maximum absolute atomic E-state index is 4.46. The highest BCUT2D eigenvalue weighted by Crippen LogP contribution is 2.28. The molecule has 1 rings (SSSR count). The van der Waals surface area contributed by atoms with Crippen LogP contribution < -0.4 is 5.32 Å². The third kappa shape index (κ3) is 7.44. The van der Waals surface area contributed by atoms with Crippen LogP contribution in [0, 0.1) is 11.8 Å². The third-order valence-corrected chi connectivity index (χ3v) is 5.21. The molecule has 1 fully saturated rings. The molecule has 126 valence electrons. The number of hydrogen-bond acceptors (Lipinski definition) is 2. The van der Waals surface area contributed by atoms with Gasteiger partial charge in [-0.3, -0.25) is 4.99 Å². The third-order valence-electron chi connectivity index (χ3n) is 4.51. The number of likely N-dealkylation sites (tertiary alicyclic amines) is 1. The van der Waals surface area contributed by atoms with E-state index in [2.05, 4.69) is 35.3 Å². The first-order chi connectivity index (χ1) is 9.76. The summed E-state index contributed by atoms with van der Waals surface area (Å²) in [5, 5.41) is 3.53. The number of halogens is 1. The molecule has 1 aliphatic heterocycles. The van der Waals surface area contributed by atoms with Gasteiger partial charge in [0.05, 0.1) is 0 Å². The van der Waals surface area contributed by atoms with Crippen LogP contribution in [0.25, 0.3) is 0 Å². The second kappa shape index (κ2) is 12.9. The lowest BCUT2D eigenvalue weighted by Crippen LogP contribution is -2.40. The zero-order chi connectivity index (χ0) is 14.8. The SMILES string of the molecule is CCC(CC)C1CCN(C(=NC)NCCCCSC)C1.I. The molecule has 0 spiro atoms. The van der Waals surface area contributed by atoms with E-state index >= 15 is 0 Å². The van der Waals surface area contributed by atoms with Crippen LogP contribution in [0.15, 0.2) is 4.99 Å². The lowest BCUT2D eigenvalue weighted by molar-refractivity contribution is 0.319. The van der Waals surface area contributed by atoms with Gasteiger partial charge in [0.2, 0.25) is 0 Å². The van der Waals surface area contributed by atoms with E-state index < -0.39 is 0 Å². The molecule has 21 heavy (non-hydrogen) atoms. The zero-order valence-corrected chi connectivity index (χ0v) is 17.4. The van der Waals surface area contributed by atoms with Crippen molar-refractivity contribution in [3.05, 3.63) is 0 Å². The van der Waals surface area contributed by atoms with E-state index in [4.69, 9.17) is 0 Å². The minimum atomic E-state index is 0. The lowest BCUT2D eigenvalue weighted by atomic mass is 9.87. The quantitative estimate of drug-likeness (QED) is 0.274. The molecule has 1 unspecified atom stereocenters. The normalized spacial score (nSPS) is 19.0. The van der Waals surface area contributed by atoms with Crippen molar-refractivity contribution < 1.29 is 0 Å². The summed E-state index contributed by atoms with van der Waals surface area (Å²) in [5.41, 5.74) is 0. The van der Waals surface area contributed by atoms with E-state index in [0.717, 1.165) is 24.3 Å². The highest BCUT2D eigenvalue weighted by molar-refractivity contribution is 14.0. The summed E-state index contributed by atoms with van der Waals surface area (Å²) >= 11 is 1.93. The van der Waals surface area contributed by atoms with Gasteiger partial charge >= 0.3 is 0 Å². The first-order valence-electron chi connectivity index (χ1n) is 8.21. The summed E-state index contributed by atoms with van der Waals surface area (Å²) in [5.74, 6) is 4.13. The predicted molar refractivity (Wildman–Crippen MR) is 108 cm³/mol. The monoisotopic (exact) mass is 427 g/mol. The van der Waals surface area contributed by atoms with Crippen molar-refractivity contribution in [2.75, 3.05) is 38.7 Å². The Labute approximate surface area is 153 Å². The van der Waals surface area contributed by atoms with Gasteiger partial charge in [-0.2, -0.15) is 11.8 Å². The number of rotatable bonds is 8. The van der Waals surface area contributed by atoms with E-state index in [0.29, 0.717) is 0 Å². The molecule has 1 N–H and O–H groups in total. The molecule has 1 saturated heterocycles. The van der Waals surface area contributed by atoms with Crippen molar-refractivity contribution in [1.29, 1.82) is 0 Å². The van der Waals surface area contributed by atoms with Gasteiger partial charge in [-0.25, -0.2) is 0 Å². The number of nitrogens with zero attached hydrogens (tertiary/aromatic N) is 2. The first kappa shape index (κ1) is 21.4. The van der Waals surface area contributed by atoms with E-state index in [1.165, 1.54) is 50.9 Å². The van der Waals surface area contributed by atoms with Crippen LogP contribution >= 0.6 is 35.7 Å². The highest BCUT2D eigenvalue weighted by atomic mass is 127. The second-order valence-electron chi connectivity index (χ2n) is 5.75. The van der Waals surface area contributed by atoms with Gasteiger partial charge in [0.1, 0.15) is 0 Å². The molecule has 3 nitrogen and oxygen atoms in total. The number of nitrogens with one attached hydrogen (secondary N) is 1. The molecule has 0 aromatic heterocycles. The number of thioether (sulfide) groups is 1. The van der Waals surface area contributed by atoms with Crippen molar-refractivity contribution in [3.63, 3.8) is 0 Å². The van der Waals surface area contributed by atoms with Crippen molar-refractivity contribution >= 4 is 41.7 Å². The Bertz CT molecular complexity index is 283. The Morgan fingerprint density at radius 1 is 1.33 bits per heavy atom. The first-order valence-corrected chi connectivity index (χ1v) is 9.60. The molecular weight excluding hydrogens is 393 g/mol. The summed E-state index contributed by atoms with van der Waals surface area (Å²) in [6.45, 7) is 8.08. The van der Waals surface area contributed by atoms with Crippen LogP contribution in [0.3, 0.4) is 0 Å². The summed E-state index contributed by atoms with van der Waals surface area (Å²) in [7, 11) is 1.91. The van der Waals surface area contributed by atoms with Crippen LogP contribution in [0.4, 0.5) is 0 Å². The average molecular weight is 427 g/mol. The van der Waals surface area contributed by atoms with Crippen LogP contribution in [0.5, 0.6) is 0 Å². The molecule has 1 aliphatic rings. The summed E-state index contributed by atoms with van der Waals surface area (Å²) in [6.07, 6.45) is 8.67. The highest BCUT2D eigenvalue weighted by Gasteiger charge is 2.29. The Morgan fingerprint density at radius 2 is 2.05 bits per heavy atom. The van der Waals surface area contributed by atoms with Gasteiger partial charge < -0.3 is 10.2 Å². The number of aliphatic imine (C=N–C) groups is 1. The maximum atomic E-state index is 4.46. The van der Waals surface area contributed by atoms with E-state index in [1.807, 2.05) is 18.8 Å². The molecule has 0 radical (unpaired) electrons. The molecule has 0 aromatic rings. The second-order valence-corrected chi connectivity index (χ2v) is 6.73. The molecule has 0 saturated carbocycles. The van der Waals surface area contributed by atoms with Crippen molar-refractivity contribution in [3.8, 4) is 0 Å². The van der Waals surface area contributed by atoms with E-state index in [1.54, 1.807) is 0 Å². The Morgan fingerprint density at radius 3 is 2.62 bits per heavy atom. The zero-order valence-electron chi connectivity index (χ0n) is 14.2. The van der Waals surface area contributed by atoms with Crippen molar-refractivity contribution in [1.82, 2.24) is 10.2 Å².